The van der Waals surface area contributed by atoms with Crippen LogP contribution in [0.25, 0.3) is 16.6 Å². The number of para-hydroxylation sites is 1. The van der Waals surface area contributed by atoms with Crippen LogP contribution in [0.15, 0.2) is 65.9 Å². The number of hydrogen-bond donors (Lipinski definition) is 1. The van der Waals surface area contributed by atoms with Crippen molar-refractivity contribution in [3.63, 3.8) is 0 Å². The van der Waals surface area contributed by atoms with Crippen molar-refractivity contribution in [3.05, 3.63) is 89.2 Å². The first kappa shape index (κ1) is 16.3. The molecule has 5 rings (SSSR count). The minimum absolute atomic E-state index is 0.154. The fourth-order valence-corrected chi connectivity index (χ4v) is 3.58. The van der Waals surface area contributed by atoms with Gasteiger partial charge in [0.1, 0.15) is 11.6 Å². The van der Waals surface area contributed by atoms with Gasteiger partial charge in [-0.2, -0.15) is 5.10 Å². The molecule has 2 N–H and O–H groups in total. The van der Waals surface area contributed by atoms with E-state index in [-0.39, 0.29) is 11.1 Å². The van der Waals surface area contributed by atoms with Gasteiger partial charge in [-0.3, -0.25) is 4.79 Å². The van der Waals surface area contributed by atoms with Crippen LogP contribution in [0.4, 0.5) is 14.5 Å². The SMILES string of the molecule is NC(=O)c1cnn2ccc3c2c1-c1ccccc1N=C3c1ccc(F)cc1F. The van der Waals surface area contributed by atoms with Crippen molar-refractivity contribution in [2.75, 3.05) is 0 Å². The lowest BCUT2D eigenvalue weighted by Gasteiger charge is -2.10. The lowest BCUT2D eigenvalue weighted by atomic mass is 9.96. The van der Waals surface area contributed by atoms with E-state index in [0.29, 0.717) is 33.6 Å². The Labute approximate surface area is 157 Å². The summed E-state index contributed by atoms with van der Waals surface area (Å²) in [6.07, 6.45) is 3.11. The van der Waals surface area contributed by atoms with Crippen LogP contribution in [0.1, 0.15) is 21.5 Å². The molecule has 2 aromatic heterocycles. The summed E-state index contributed by atoms with van der Waals surface area (Å²) >= 11 is 0. The fraction of sp³-hybridized carbons (Fsp3) is 0. The third-order valence-corrected chi connectivity index (χ3v) is 4.80. The van der Waals surface area contributed by atoms with E-state index in [1.807, 2.05) is 12.1 Å². The second-order valence-electron chi connectivity index (χ2n) is 6.42. The third-order valence-electron chi connectivity index (χ3n) is 4.80. The molecule has 5 nitrogen and oxygen atoms in total. The maximum atomic E-state index is 14.6. The number of hydrogen-bond acceptors (Lipinski definition) is 3. The number of amides is 1. The molecule has 28 heavy (non-hydrogen) atoms. The van der Waals surface area contributed by atoms with E-state index in [1.165, 1.54) is 18.3 Å². The van der Waals surface area contributed by atoms with Crippen LogP contribution < -0.4 is 5.73 Å². The van der Waals surface area contributed by atoms with Crippen molar-refractivity contribution in [1.82, 2.24) is 9.61 Å². The molecule has 0 saturated carbocycles. The monoisotopic (exact) mass is 374 g/mol. The number of fused-ring (bicyclic) bond motifs is 2. The van der Waals surface area contributed by atoms with Gasteiger partial charge in [0.15, 0.2) is 0 Å². The Bertz CT molecular complexity index is 1320. The summed E-state index contributed by atoms with van der Waals surface area (Å²) in [6.45, 7) is 0. The van der Waals surface area contributed by atoms with Gasteiger partial charge >= 0.3 is 0 Å². The number of carbonyl (C=O) groups is 1. The predicted molar refractivity (Wildman–Crippen MR) is 101 cm³/mol. The zero-order valence-corrected chi connectivity index (χ0v) is 14.4. The van der Waals surface area contributed by atoms with Crippen LogP contribution in [0.5, 0.6) is 0 Å². The van der Waals surface area contributed by atoms with Crippen molar-refractivity contribution < 1.29 is 13.6 Å². The van der Waals surface area contributed by atoms with Gasteiger partial charge in [-0.05, 0) is 24.3 Å². The predicted octanol–water partition coefficient (Wildman–Crippen LogP) is 3.86. The molecule has 0 aliphatic carbocycles. The van der Waals surface area contributed by atoms with Crippen molar-refractivity contribution in [2.45, 2.75) is 0 Å². The average Bonchev–Trinajstić information content (AvgIpc) is 3.04. The molecule has 1 aliphatic heterocycles. The number of benzene rings is 2. The molecule has 1 amide bonds. The minimum atomic E-state index is -0.724. The number of nitrogens with zero attached hydrogens (tertiary/aromatic N) is 3. The quantitative estimate of drug-likeness (QED) is 0.510. The molecule has 1 aliphatic rings. The van der Waals surface area contributed by atoms with Gasteiger partial charge in [0.25, 0.3) is 5.91 Å². The van der Waals surface area contributed by atoms with Crippen molar-refractivity contribution >= 4 is 22.8 Å². The Balaban J connectivity index is 1.95. The highest BCUT2D eigenvalue weighted by molar-refractivity contribution is 6.22. The van der Waals surface area contributed by atoms with E-state index in [4.69, 9.17) is 5.73 Å². The van der Waals surface area contributed by atoms with Crippen molar-refractivity contribution in [3.8, 4) is 11.1 Å². The van der Waals surface area contributed by atoms with E-state index in [1.54, 1.807) is 28.9 Å². The maximum Gasteiger partial charge on any atom is 0.251 e. The Morgan fingerprint density at radius 1 is 1.00 bits per heavy atom. The number of primary amides is 1. The highest BCUT2D eigenvalue weighted by Crippen LogP contribution is 2.40. The molecule has 7 heteroatoms. The van der Waals surface area contributed by atoms with Crippen LogP contribution in [0, 0.1) is 11.6 Å². The zero-order valence-electron chi connectivity index (χ0n) is 14.4. The second kappa shape index (κ2) is 5.82. The first-order valence-corrected chi connectivity index (χ1v) is 8.48. The lowest BCUT2D eigenvalue weighted by Crippen LogP contribution is -2.14. The first-order chi connectivity index (χ1) is 13.5. The molecule has 4 aromatic rings. The highest BCUT2D eigenvalue weighted by atomic mass is 19.1. The molecule has 2 aromatic carbocycles. The van der Waals surface area contributed by atoms with Gasteiger partial charge < -0.3 is 5.73 Å². The van der Waals surface area contributed by atoms with Crippen LogP contribution in [-0.2, 0) is 0 Å². The lowest BCUT2D eigenvalue weighted by molar-refractivity contribution is 0.100. The summed E-state index contributed by atoms with van der Waals surface area (Å²) in [5.41, 5.74) is 9.30. The summed E-state index contributed by atoms with van der Waals surface area (Å²) in [6, 6.07) is 12.3. The Kier molecular flexibility index (Phi) is 3.39. The molecule has 3 heterocycles. The van der Waals surface area contributed by atoms with Crippen molar-refractivity contribution in [2.24, 2.45) is 10.7 Å². The number of nitrogens with two attached hydrogens (primary N) is 1. The Hall–Kier alpha value is -3.87. The van der Waals surface area contributed by atoms with Gasteiger partial charge in [-0.1, -0.05) is 18.2 Å². The summed E-state index contributed by atoms with van der Waals surface area (Å²) in [7, 11) is 0. The molecule has 0 spiro atoms. The van der Waals surface area contributed by atoms with Crippen LogP contribution in [0.2, 0.25) is 0 Å². The summed E-state index contributed by atoms with van der Waals surface area (Å²) in [5.74, 6) is -2.02. The fourth-order valence-electron chi connectivity index (χ4n) is 3.58. The minimum Gasteiger partial charge on any atom is -0.366 e. The van der Waals surface area contributed by atoms with Crippen LogP contribution in [-0.4, -0.2) is 21.2 Å². The molecule has 0 atom stereocenters. The standard InChI is InChI=1S/C21H12F2N4O/c22-11-5-6-12(16(23)9-11)19-14-7-8-27-20(14)18(15(10-25-27)21(24)28)13-3-1-2-4-17(13)26-19/h1-10H,(H2,24,28). The highest BCUT2D eigenvalue weighted by Gasteiger charge is 2.26. The summed E-state index contributed by atoms with van der Waals surface area (Å²) in [4.78, 5) is 16.8. The van der Waals surface area contributed by atoms with E-state index in [9.17, 15) is 13.6 Å². The molecule has 0 unspecified atom stereocenters. The molecular formula is C21H12F2N4O. The second-order valence-corrected chi connectivity index (χ2v) is 6.42. The molecule has 136 valence electrons. The van der Waals surface area contributed by atoms with Crippen LogP contribution in [0.3, 0.4) is 0 Å². The molecule has 0 radical (unpaired) electrons. The van der Waals surface area contributed by atoms with Gasteiger partial charge in [0.05, 0.1) is 28.7 Å². The number of aliphatic imine (C=N–C) groups is 1. The molecule has 0 fully saturated rings. The van der Waals surface area contributed by atoms with E-state index < -0.39 is 17.5 Å². The smallest absolute Gasteiger partial charge is 0.251 e. The largest absolute Gasteiger partial charge is 0.366 e. The van der Waals surface area contributed by atoms with Gasteiger partial charge in [-0.15, -0.1) is 0 Å². The van der Waals surface area contributed by atoms with E-state index >= 15 is 0 Å². The van der Waals surface area contributed by atoms with Gasteiger partial charge in [-0.25, -0.2) is 18.3 Å². The topological polar surface area (TPSA) is 72.8 Å². The van der Waals surface area contributed by atoms with E-state index in [2.05, 4.69) is 10.1 Å². The Morgan fingerprint density at radius 3 is 2.61 bits per heavy atom. The van der Waals surface area contributed by atoms with Crippen LogP contribution >= 0.6 is 0 Å². The first-order valence-electron chi connectivity index (χ1n) is 8.48. The summed E-state index contributed by atoms with van der Waals surface area (Å²) in [5, 5.41) is 4.25. The zero-order chi connectivity index (χ0) is 19.4. The Morgan fingerprint density at radius 2 is 1.82 bits per heavy atom. The molecular weight excluding hydrogens is 362 g/mol. The third kappa shape index (κ3) is 2.26. The van der Waals surface area contributed by atoms with Crippen molar-refractivity contribution in [1.29, 1.82) is 0 Å². The average molecular weight is 374 g/mol. The maximum absolute atomic E-state index is 14.6. The molecule has 0 bridgehead atoms. The normalized spacial score (nSPS) is 12.4. The van der Waals surface area contributed by atoms with Gasteiger partial charge in [0, 0.05) is 34.5 Å². The van der Waals surface area contributed by atoms with E-state index in [0.717, 1.165) is 6.07 Å². The number of aromatic nitrogens is 2. The molecule has 0 saturated heterocycles. The van der Waals surface area contributed by atoms with Gasteiger partial charge in [0.2, 0.25) is 0 Å². The number of rotatable bonds is 2. The number of halogens is 2. The number of carbonyl (C=O) groups excluding carboxylic acids is 1. The summed E-state index contributed by atoms with van der Waals surface area (Å²) < 4.78 is 29.6.